The van der Waals surface area contributed by atoms with Gasteiger partial charge >= 0.3 is 0 Å². The van der Waals surface area contributed by atoms with Gasteiger partial charge in [-0.05, 0) is 104 Å². The maximum Gasteiger partial charge on any atom is 0.229 e. The number of nitrogens with zero attached hydrogens (tertiary/aromatic N) is 2. The van der Waals surface area contributed by atoms with E-state index in [0.29, 0.717) is 17.7 Å². The van der Waals surface area contributed by atoms with Crippen LogP contribution in [0.2, 0.25) is 0 Å². The monoisotopic (exact) mass is 478 g/mol. The number of benzene rings is 2. The highest BCUT2D eigenvalue weighted by atomic mass is 16.1. The van der Waals surface area contributed by atoms with Gasteiger partial charge in [-0.2, -0.15) is 0 Å². The molecule has 4 saturated carbocycles. The van der Waals surface area contributed by atoms with Crippen molar-refractivity contribution in [2.75, 3.05) is 11.1 Å². The number of rotatable bonds is 5. The van der Waals surface area contributed by atoms with Crippen molar-refractivity contribution in [2.24, 2.45) is 23.2 Å². The zero-order valence-corrected chi connectivity index (χ0v) is 20.8. The number of amides is 1. The second-order valence-electron chi connectivity index (χ2n) is 12.0. The molecule has 1 amide bonds. The van der Waals surface area contributed by atoms with E-state index in [1.165, 1.54) is 44.1 Å². The summed E-state index contributed by atoms with van der Waals surface area (Å²) in [6.45, 7) is 0. The maximum absolute atomic E-state index is 13.1. The zero-order chi connectivity index (χ0) is 24.3. The number of aromatic nitrogens is 2. The summed E-state index contributed by atoms with van der Waals surface area (Å²) >= 11 is 0. The molecule has 5 nitrogen and oxygen atoms in total. The van der Waals surface area contributed by atoms with Crippen LogP contribution in [0.4, 0.5) is 11.5 Å². The number of nitrogens with one attached hydrogen (secondary N) is 1. The Kier molecular flexibility index (Phi) is 5.16. The topological polar surface area (TPSA) is 80.9 Å². The predicted octanol–water partition coefficient (Wildman–Crippen LogP) is 5.76. The summed E-state index contributed by atoms with van der Waals surface area (Å²) in [7, 11) is 0. The Morgan fingerprint density at radius 1 is 0.944 bits per heavy atom. The van der Waals surface area contributed by atoms with E-state index in [-0.39, 0.29) is 5.91 Å². The number of hydrogen-bond acceptors (Lipinski definition) is 4. The van der Waals surface area contributed by atoms with Crippen LogP contribution in [0.3, 0.4) is 0 Å². The highest BCUT2D eigenvalue weighted by Gasteiger charge is 2.51. The molecule has 0 spiro atoms. The fraction of sp³-hybridized carbons (Fsp3) is 0.452. The zero-order valence-electron chi connectivity index (χ0n) is 20.8. The minimum atomic E-state index is -0.0220. The summed E-state index contributed by atoms with van der Waals surface area (Å²) in [6, 6.07) is 16.1. The predicted molar refractivity (Wildman–Crippen MR) is 142 cm³/mol. The smallest absolute Gasteiger partial charge is 0.229 e. The van der Waals surface area contributed by atoms with E-state index in [4.69, 9.17) is 15.7 Å². The number of fused-ring (bicyclic) bond motifs is 3. The first-order valence-electron chi connectivity index (χ1n) is 13.6. The lowest BCUT2D eigenvalue weighted by Gasteiger charge is -2.57. The first kappa shape index (κ1) is 22.0. The molecule has 5 aliphatic carbocycles. The fourth-order valence-corrected chi connectivity index (χ4v) is 8.24. The van der Waals surface area contributed by atoms with Gasteiger partial charge in [0.05, 0.1) is 23.5 Å². The van der Waals surface area contributed by atoms with E-state index in [2.05, 4.69) is 17.4 Å². The number of hydrogen-bond donors (Lipinski definition) is 2. The average Bonchev–Trinajstić information content (AvgIpc) is 2.84. The summed E-state index contributed by atoms with van der Waals surface area (Å²) in [5.41, 5.74) is 13.5. The van der Waals surface area contributed by atoms with Gasteiger partial charge in [-0.25, -0.2) is 9.97 Å². The molecule has 0 radical (unpaired) electrons. The summed E-state index contributed by atoms with van der Waals surface area (Å²) in [5, 5.41) is 3.19. The van der Waals surface area contributed by atoms with Gasteiger partial charge in [0.2, 0.25) is 5.91 Å². The molecular weight excluding hydrogens is 444 g/mol. The summed E-state index contributed by atoms with van der Waals surface area (Å²) in [4.78, 5) is 23.5. The van der Waals surface area contributed by atoms with Crippen molar-refractivity contribution < 1.29 is 4.79 Å². The van der Waals surface area contributed by atoms with Gasteiger partial charge in [0, 0.05) is 11.3 Å². The van der Waals surface area contributed by atoms with E-state index >= 15 is 0 Å². The quantitative estimate of drug-likeness (QED) is 0.457. The summed E-state index contributed by atoms with van der Waals surface area (Å²) in [5.74, 6) is 3.29. The molecule has 36 heavy (non-hydrogen) atoms. The normalized spacial score (nSPS) is 27.4. The van der Waals surface area contributed by atoms with E-state index in [9.17, 15) is 4.79 Å². The fourth-order valence-electron chi connectivity index (χ4n) is 8.24. The number of nitrogens with two attached hydrogens (primary N) is 1. The summed E-state index contributed by atoms with van der Waals surface area (Å²) < 4.78 is 0. The Morgan fingerprint density at radius 2 is 1.67 bits per heavy atom. The molecule has 5 heteroatoms. The van der Waals surface area contributed by atoms with Crippen molar-refractivity contribution in [3.05, 3.63) is 71.0 Å². The standard InChI is InChI=1S/C31H34N4O/c32-24-7-8-25-23(14-24)6-9-26-29(25)33-27(18-31-15-20-10-21(16-31)12-22(11-20)17-31)30(34-26)35-28(36)13-19-4-2-1-3-5-19/h1-5,7-8,14,20-22H,6,9-13,15-18,32H2,(H,34,35,36). The highest BCUT2D eigenvalue weighted by Crippen LogP contribution is 2.61. The molecule has 4 bridgehead atoms. The molecule has 0 saturated heterocycles. The van der Waals surface area contributed by atoms with Crippen molar-refractivity contribution in [1.29, 1.82) is 0 Å². The molecule has 3 N–H and O–H groups in total. The van der Waals surface area contributed by atoms with Crippen LogP contribution in [0.25, 0.3) is 11.3 Å². The molecule has 4 fully saturated rings. The van der Waals surface area contributed by atoms with Crippen LogP contribution in [0.1, 0.15) is 61.0 Å². The van der Waals surface area contributed by atoms with Crippen molar-refractivity contribution in [1.82, 2.24) is 9.97 Å². The second-order valence-corrected chi connectivity index (χ2v) is 12.0. The van der Waals surface area contributed by atoms with Crippen molar-refractivity contribution >= 4 is 17.4 Å². The van der Waals surface area contributed by atoms with Gasteiger partial charge in [-0.3, -0.25) is 4.79 Å². The Labute approximate surface area is 212 Å². The third kappa shape index (κ3) is 3.99. The lowest BCUT2D eigenvalue weighted by Crippen LogP contribution is -2.47. The Bertz CT molecular complexity index is 1300. The molecule has 184 valence electrons. The third-order valence-corrected chi connectivity index (χ3v) is 9.23. The summed E-state index contributed by atoms with van der Waals surface area (Å²) in [6.07, 6.45) is 11.2. The van der Waals surface area contributed by atoms with E-state index in [1.807, 2.05) is 36.4 Å². The van der Waals surface area contributed by atoms with Gasteiger partial charge in [-0.1, -0.05) is 36.4 Å². The van der Waals surface area contributed by atoms with E-state index < -0.39 is 0 Å². The van der Waals surface area contributed by atoms with Gasteiger partial charge in [0.15, 0.2) is 5.82 Å². The lowest BCUT2D eigenvalue weighted by atomic mass is 9.48. The number of anilines is 2. The van der Waals surface area contributed by atoms with E-state index in [1.54, 1.807) is 0 Å². The maximum atomic E-state index is 13.1. The molecule has 1 heterocycles. The van der Waals surface area contributed by atoms with Crippen LogP contribution < -0.4 is 11.1 Å². The van der Waals surface area contributed by atoms with Gasteiger partial charge in [-0.15, -0.1) is 0 Å². The highest BCUT2D eigenvalue weighted by molar-refractivity contribution is 5.92. The molecule has 0 unspecified atom stereocenters. The molecule has 3 aromatic rings. The van der Waals surface area contributed by atoms with Gasteiger partial charge in [0.25, 0.3) is 0 Å². The average molecular weight is 479 g/mol. The minimum Gasteiger partial charge on any atom is -0.399 e. The molecule has 2 aromatic carbocycles. The van der Waals surface area contributed by atoms with Crippen LogP contribution >= 0.6 is 0 Å². The number of aryl methyl sites for hydroxylation is 2. The largest absolute Gasteiger partial charge is 0.399 e. The van der Waals surface area contributed by atoms with Gasteiger partial charge in [0.1, 0.15) is 0 Å². The van der Waals surface area contributed by atoms with Crippen LogP contribution in [0, 0.1) is 23.2 Å². The van der Waals surface area contributed by atoms with Gasteiger partial charge < -0.3 is 11.1 Å². The first-order valence-corrected chi connectivity index (χ1v) is 13.6. The SMILES string of the molecule is Nc1ccc2c(c1)CCc1nc(NC(=O)Cc3ccccc3)c(CC34CC5CC(CC(C5)C3)C4)nc1-2. The molecule has 5 aliphatic rings. The number of nitrogen functional groups attached to an aromatic ring is 1. The van der Waals surface area contributed by atoms with Crippen molar-refractivity contribution in [3.8, 4) is 11.3 Å². The third-order valence-electron chi connectivity index (χ3n) is 9.23. The second kappa shape index (κ2) is 8.43. The van der Waals surface area contributed by atoms with Crippen LogP contribution in [0.5, 0.6) is 0 Å². The van der Waals surface area contributed by atoms with Crippen LogP contribution in [0.15, 0.2) is 48.5 Å². The van der Waals surface area contributed by atoms with E-state index in [0.717, 1.165) is 70.9 Å². The molecule has 0 aliphatic heterocycles. The molecular formula is C31H34N4O. The lowest BCUT2D eigenvalue weighted by molar-refractivity contribution is -0.115. The molecule has 0 atom stereocenters. The number of carbonyl (C=O) groups is 1. The van der Waals surface area contributed by atoms with Crippen LogP contribution in [-0.2, 0) is 30.5 Å². The number of carbonyl (C=O) groups excluding carboxylic acids is 1. The minimum absolute atomic E-state index is 0.0220. The Morgan fingerprint density at radius 3 is 2.39 bits per heavy atom. The van der Waals surface area contributed by atoms with Crippen LogP contribution in [-0.4, -0.2) is 15.9 Å². The first-order chi connectivity index (χ1) is 17.5. The van der Waals surface area contributed by atoms with Crippen molar-refractivity contribution in [3.63, 3.8) is 0 Å². The molecule has 1 aromatic heterocycles. The van der Waals surface area contributed by atoms with Crippen molar-refractivity contribution in [2.45, 2.75) is 64.2 Å². The Hall–Kier alpha value is -3.21. The Balaban J connectivity index is 1.26. The molecule has 8 rings (SSSR count).